The summed E-state index contributed by atoms with van der Waals surface area (Å²) >= 11 is 7.54. The van der Waals surface area contributed by atoms with Gasteiger partial charge in [-0.05, 0) is 61.4 Å². The largest absolute Gasteiger partial charge is 0.493 e. The fourth-order valence-electron chi connectivity index (χ4n) is 4.88. The lowest BCUT2D eigenvalue weighted by Crippen LogP contribution is -2.39. The number of hydrogen-bond acceptors (Lipinski definition) is 8. The summed E-state index contributed by atoms with van der Waals surface area (Å²) in [6.07, 6.45) is 1.79. The first-order valence-electron chi connectivity index (χ1n) is 13.7. The molecule has 1 aromatic heterocycles. The summed E-state index contributed by atoms with van der Waals surface area (Å²) in [5.41, 5.74) is 4.02. The number of allylic oxidation sites excluding steroid dienone is 1. The summed E-state index contributed by atoms with van der Waals surface area (Å²) in [5.74, 6) is 0.585. The van der Waals surface area contributed by atoms with Crippen molar-refractivity contribution in [2.75, 3.05) is 32.7 Å². The van der Waals surface area contributed by atoms with Crippen molar-refractivity contribution in [3.8, 4) is 11.5 Å². The molecule has 1 aliphatic heterocycles. The number of carbonyl (C=O) groups excluding carboxylic acids is 1. The maximum Gasteiger partial charge on any atom is 0.338 e. The van der Waals surface area contributed by atoms with E-state index in [2.05, 4.69) is 4.99 Å². The number of ether oxygens (including phenoxy) is 3. The minimum atomic E-state index is -0.677. The van der Waals surface area contributed by atoms with E-state index in [-0.39, 0.29) is 18.8 Å². The van der Waals surface area contributed by atoms with E-state index < -0.39 is 12.0 Å². The van der Waals surface area contributed by atoms with Crippen molar-refractivity contribution < 1.29 is 19.0 Å². The predicted octanol–water partition coefficient (Wildman–Crippen LogP) is 5.11. The maximum atomic E-state index is 14.0. The van der Waals surface area contributed by atoms with Gasteiger partial charge in [0.2, 0.25) is 0 Å². The third kappa shape index (κ3) is 6.23. The lowest BCUT2D eigenvalue weighted by Gasteiger charge is -2.25. The zero-order valence-corrected chi connectivity index (χ0v) is 26.2. The fraction of sp³-hybridized carbons (Fsp3) is 0.242. The molecule has 0 aliphatic carbocycles. The first-order valence-corrected chi connectivity index (χ1v) is 14.9. The number of fused-ring (bicyclic) bond motifs is 1. The number of thiazole rings is 1. The van der Waals surface area contributed by atoms with Gasteiger partial charge < -0.3 is 19.1 Å². The Morgan fingerprint density at radius 3 is 2.51 bits per heavy atom. The van der Waals surface area contributed by atoms with Crippen LogP contribution in [0.15, 0.2) is 87.8 Å². The highest BCUT2D eigenvalue weighted by Gasteiger charge is 2.33. The summed E-state index contributed by atoms with van der Waals surface area (Å²) in [5, 5.41) is 0.627. The summed E-state index contributed by atoms with van der Waals surface area (Å²) in [6, 6.07) is 20.1. The Labute approximate surface area is 258 Å². The molecule has 0 saturated carbocycles. The Hall–Kier alpha value is -4.34. The van der Waals surface area contributed by atoms with E-state index in [0.29, 0.717) is 37.1 Å². The van der Waals surface area contributed by atoms with Crippen LogP contribution in [0.3, 0.4) is 0 Å². The zero-order chi connectivity index (χ0) is 30.7. The van der Waals surface area contributed by atoms with Crippen LogP contribution in [0, 0.1) is 0 Å². The lowest BCUT2D eigenvalue weighted by molar-refractivity contribution is -0.139. The van der Waals surface area contributed by atoms with Crippen LogP contribution in [-0.4, -0.2) is 38.3 Å². The standard InChI is InChI=1S/C33H32ClN3O5S/c1-6-41-32(39)29-20(2)35-33-37(30(29)22-12-14-24(15-13-22)36(3)4)31(38)28(43-33)18-21-11-16-26(27(17-21)40-5)42-19-23-9-7-8-10-25(23)34/h7-18,30H,6,19H2,1-5H3/b28-18+/t30-/m0/s1. The number of hydrogen-bond donors (Lipinski definition) is 0. The molecule has 1 aliphatic rings. The number of benzene rings is 3. The monoisotopic (exact) mass is 617 g/mol. The van der Waals surface area contributed by atoms with Gasteiger partial charge in [0.25, 0.3) is 5.56 Å². The van der Waals surface area contributed by atoms with Gasteiger partial charge in [-0.25, -0.2) is 9.79 Å². The normalized spacial score (nSPS) is 14.7. The van der Waals surface area contributed by atoms with Crippen LogP contribution in [0.2, 0.25) is 5.02 Å². The number of methoxy groups -OCH3 is 1. The van der Waals surface area contributed by atoms with Gasteiger partial charge in [-0.3, -0.25) is 9.36 Å². The maximum absolute atomic E-state index is 14.0. The molecule has 43 heavy (non-hydrogen) atoms. The van der Waals surface area contributed by atoms with Crippen LogP contribution in [0.4, 0.5) is 5.69 Å². The topological polar surface area (TPSA) is 82.4 Å². The summed E-state index contributed by atoms with van der Waals surface area (Å²) < 4.78 is 19.0. The molecular weight excluding hydrogens is 586 g/mol. The van der Waals surface area contributed by atoms with Crippen molar-refractivity contribution in [1.82, 2.24) is 4.57 Å². The van der Waals surface area contributed by atoms with Gasteiger partial charge in [-0.1, -0.05) is 59.3 Å². The van der Waals surface area contributed by atoms with Crippen molar-refractivity contribution in [2.45, 2.75) is 26.5 Å². The molecule has 5 rings (SSSR count). The van der Waals surface area contributed by atoms with E-state index in [1.54, 1.807) is 37.7 Å². The Morgan fingerprint density at radius 2 is 1.84 bits per heavy atom. The number of carbonyl (C=O) groups is 1. The Balaban J connectivity index is 1.55. The number of halogens is 1. The first-order chi connectivity index (χ1) is 20.7. The molecule has 0 amide bonds. The van der Waals surface area contributed by atoms with Crippen molar-refractivity contribution in [3.05, 3.63) is 119 Å². The Kier molecular flexibility index (Phi) is 9.03. The molecule has 2 heterocycles. The van der Waals surface area contributed by atoms with Gasteiger partial charge in [-0.15, -0.1) is 0 Å². The molecule has 4 aromatic rings. The average Bonchev–Trinajstić information content (AvgIpc) is 3.30. The molecule has 0 spiro atoms. The minimum Gasteiger partial charge on any atom is -0.493 e. The second-order valence-electron chi connectivity index (χ2n) is 10.1. The van der Waals surface area contributed by atoms with Gasteiger partial charge in [-0.2, -0.15) is 0 Å². The van der Waals surface area contributed by atoms with Crippen LogP contribution in [0.1, 0.15) is 36.6 Å². The highest BCUT2D eigenvalue weighted by Crippen LogP contribution is 2.32. The molecule has 0 radical (unpaired) electrons. The first kappa shape index (κ1) is 30.1. The molecule has 0 saturated heterocycles. The van der Waals surface area contributed by atoms with Crippen molar-refractivity contribution in [1.29, 1.82) is 0 Å². The van der Waals surface area contributed by atoms with Gasteiger partial charge in [0.1, 0.15) is 6.61 Å². The van der Waals surface area contributed by atoms with E-state index >= 15 is 0 Å². The van der Waals surface area contributed by atoms with E-state index in [9.17, 15) is 9.59 Å². The molecule has 0 N–H and O–H groups in total. The van der Waals surface area contributed by atoms with Gasteiger partial charge >= 0.3 is 5.97 Å². The van der Waals surface area contributed by atoms with Crippen molar-refractivity contribution >= 4 is 40.7 Å². The number of aromatic nitrogens is 1. The SMILES string of the molecule is CCOC(=O)C1=C(C)N=c2s/c(=C/c3ccc(OCc4ccccc4Cl)c(OC)c3)c(=O)n2[C@H]1c1ccc(N(C)C)cc1. The Morgan fingerprint density at radius 1 is 1.09 bits per heavy atom. The molecule has 0 bridgehead atoms. The number of anilines is 1. The zero-order valence-electron chi connectivity index (χ0n) is 24.6. The molecule has 0 unspecified atom stereocenters. The van der Waals surface area contributed by atoms with Crippen LogP contribution >= 0.6 is 22.9 Å². The number of esters is 1. The van der Waals surface area contributed by atoms with Gasteiger partial charge in [0, 0.05) is 30.4 Å². The Bertz CT molecular complexity index is 1880. The van der Waals surface area contributed by atoms with Gasteiger partial charge in [0.15, 0.2) is 16.3 Å². The lowest BCUT2D eigenvalue weighted by atomic mass is 9.95. The minimum absolute atomic E-state index is 0.215. The highest BCUT2D eigenvalue weighted by atomic mass is 35.5. The third-order valence-corrected chi connectivity index (χ3v) is 8.42. The smallest absolute Gasteiger partial charge is 0.338 e. The van der Waals surface area contributed by atoms with E-state index in [4.69, 9.17) is 25.8 Å². The summed E-state index contributed by atoms with van der Waals surface area (Å²) in [4.78, 5) is 34.3. The molecule has 10 heteroatoms. The van der Waals surface area contributed by atoms with Crippen molar-refractivity contribution in [2.24, 2.45) is 4.99 Å². The molecule has 1 atom stereocenters. The van der Waals surface area contributed by atoms with Gasteiger partial charge in [0.05, 0.1) is 35.6 Å². The predicted molar refractivity (Wildman–Crippen MR) is 170 cm³/mol. The van der Waals surface area contributed by atoms with E-state index in [1.807, 2.05) is 79.7 Å². The summed E-state index contributed by atoms with van der Waals surface area (Å²) in [6.45, 7) is 4.03. The molecule has 8 nitrogen and oxygen atoms in total. The number of rotatable bonds is 9. The third-order valence-electron chi connectivity index (χ3n) is 7.07. The summed E-state index contributed by atoms with van der Waals surface area (Å²) in [7, 11) is 5.48. The molecular formula is C33H32ClN3O5S. The highest BCUT2D eigenvalue weighted by molar-refractivity contribution is 7.07. The average molecular weight is 618 g/mol. The molecule has 222 valence electrons. The van der Waals surface area contributed by atoms with Crippen LogP contribution in [0.25, 0.3) is 6.08 Å². The molecule has 3 aromatic carbocycles. The number of nitrogens with zero attached hydrogens (tertiary/aromatic N) is 3. The second-order valence-corrected chi connectivity index (χ2v) is 11.5. The van der Waals surface area contributed by atoms with E-state index in [0.717, 1.165) is 22.4 Å². The van der Waals surface area contributed by atoms with Crippen LogP contribution < -0.4 is 29.3 Å². The van der Waals surface area contributed by atoms with Crippen LogP contribution in [0.5, 0.6) is 11.5 Å². The van der Waals surface area contributed by atoms with Crippen LogP contribution in [-0.2, 0) is 16.1 Å². The quantitative estimate of drug-likeness (QED) is 0.243. The van der Waals surface area contributed by atoms with E-state index in [1.165, 1.54) is 11.3 Å². The second kappa shape index (κ2) is 12.9. The van der Waals surface area contributed by atoms with Crippen molar-refractivity contribution in [3.63, 3.8) is 0 Å². The fourth-order valence-corrected chi connectivity index (χ4v) is 6.11. The molecule has 0 fully saturated rings.